The molecule has 1 unspecified atom stereocenters. The molecule has 0 saturated carbocycles. The fourth-order valence-electron chi connectivity index (χ4n) is 2.36. The van der Waals surface area contributed by atoms with Gasteiger partial charge in [-0.2, -0.15) is 16.5 Å². The van der Waals surface area contributed by atoms with E-state index in [4.69, 9.17) is 4.74 Å². The number of nitrogens with zero attached hydrogens (tertiary/aromatic N) is 4. The van der Waals surface area contributed by atoms with E-state index in [1.807, 2.05) is 6.26 Å². The van der Waals surface area contributed by atoms with Crippen LogP contribution in [0.4, 0.5) is 0 Å². The summed E-state index contributed by atoms with van der Waals surface area (Å²) in [5.74, 6) is 0.376. The summed E-state index contributed by atoms with van der Waals surface area (Å²) in [6.07, 6.45) is 4.08. The first kappa shape index (κ1) is 22.3. The van der Waals surface area contributed by atoms with Crippen LogP contribution in [0.5, 0.6) is 0 Å². The molecule has 28 heavy (non-hydrogen) atoms. The fraction of sp³-hybridized carbons (Fsp3) is 0.529. The van der Waals surface area contributed by atoms with E-state index in [1.165, 1.54) is 23.9 Å². The fourth-order valence-corrected chi connectivity index (χ4v) is 4.07. The lowest BCUT2D eigenvalue weighted by Crippen LogP contribution is -2.42. The van der Waals surface area contributed by atoms with Crippen molar-refractivity contribution in [1.82, 2.24) is 24.9 Å². The zero-order chi connectivity index (χ0) is 20.4. The minimum atomic E-state index is -3.83. The lowest BCUT2D eigenvalue weighted by atomic mass is 10.2. The number of aryl methyl sites for hydroxylation is 1. The summed E-state index contributed by atoms with van der Waals surface area (Å²) in [5.41, 5.74) is 0. The topological polar surface area (TPSA) is 116 Å². The minimum Gasteiger partial charge on any atom is -0.456 e. The van der Waals surface area contributed by atoms with Crippen molar-refractivity contribution >= 4 is 27.8 Å². The van der Waals surface area contributed by atoms with Gasteiger partial charge in [0.25, 0.3) is 0 Å². The third-order valence-corrected chi connectivity index (χ3v) is 6.05. The smallest absolute Gasteiger partial charge is 0.324 e. The number of esters is 1. The Hall–Kier alpha value is -1.98. The van der Waals surface area contributed by atoms with E-state index < -0.39 is 22.0 Å². The molecule has 0 aliphatic carbocycles. The second-order valence-electron chi connectivity index (χ2n) is 6.05. The van der Waals surface area contributed by atoms with Gasteiger partial charge >= 0.3 is 5.97 Å². The molecule has 0 aliphatic rings. The Labute approximate surface area is 169 Å². The normalized spacial score (nSPS) is 12.6. The number of ether oxygens (including phenoxy) is 1. The Morgan fingerprint density at radius 2 is 2.07 bits per heavy atom. The van der Waals surface area contributed by atoms with Gasteiger partial charge in [-0.25, -0.2) is 13.1 Å². The van der Waals surface area contributed by atoms with E-state index in [0.29, 0.717) is 24.5 Å². The number of unbranched alkanes of at least 4 members (excludes halogenated alkanes) is 1. The van der Waals surface area contributed by atoms with Gasteiger partial charge < -0.3 is 4.74 Å². The largest absolute Gasteiger partial charge is 0.456 e. The van der Waals surface area contributed by atoms with Gasteiger partial charge in [0.05, 0.1) is 4.90 Å². The third kappa shape index (κ3) is 6.57. The van der Waals surface area contributed by atoms with Crippen LogP contribution >= 0.6 is 11.8 Å². The van der Waals surface area contributed by atoms with Crippen molar-refractivity contribution in [2.75, 3.05) is 12.0 Å². The quantitative estimate of drug-likeness (QED) is 0.508. The average molecular weight is 428 g/mol. The molecule has 1 heterocycles. The van der Waals surface area contributed by atoms with Gasteiger partial charge in [0.1, 0.15) is 6.04 Å². The number of thioether (sulfide) groups is 1. The van der Waals surface area contributed by atoms with Gasteiger partial charge in [0.2, 0.25) is 10.0 Å². The molecular weight excluding hydrogens is 402 g/mol. The van der Waals surface area contributed by atoms with E-state index in [9.17, 15) is 13.2 Å². The molecule has 0 radical (unpaired) electrons. The highest BCUT2D eigenvalue weighted by Crippen LogP contribution is 2.12. The van der Waals surface area contributed by atoms with Gasteiger partial charge in [0, 0.05) is 6.54 Å². The Kier molecular flexibility index (Phi) is 8.87. The predicted molar refractivity (Wildman–Crippen MR) is 106 cm³/mol. The van der Waals surface area contributed by atoms with E-state index in [0.717, 1.165) is 12.8 Å². The maximum Gasteiger partial charge on any atom is 0.324 e. The van der Waals surface area contributed by atoms with Crippen LogP contribution in [0.2, 0.25) is 0 Å². The third-order valence-electron chi connectivity index (χ3n) is 3.92. The number of benzene rings is 1. The molecule has 0 aliphatic heterocycles. The van der Waals surface area contributed by atoms with Crippen molar-refractivity contribution in [3.8, 4) is 0 Å². The molecule has 1 aromatic carbocycles. The van der Waals surface area contributed by atoms with Crippen LogP contribution in [-0.2, 0) is 32.7 Å². The van der Waals surface area contributed by atoms with Gasteiger partial charge in [-0.3, -0.25) is 4.79 Å². The standard InChI is InChI=1S/C17H25N5O4S2/c1-3-4-11-22-16(18-20-21-22)13-26-17(23)15(10-12-27-2)19-28(24,25)14-8-6-5-7-9-14/h5-9,15,19H,3-4,10-13H2,1-2H3. The van der Waals surface area contributed by atoms with E-state index in [2.05, 4.69) is 27.2 Å². The molecule has 9 nitrogen and oxygen atoms in total. The highest BCUT2D eigenvalue weighted by molar-refractivity contribution is 7.98. The molecular formula is C17H25N5O4S2. The maximum absolute atomic E-state index is 12.6. The Bertz CT molecular complexity index is 842. The number of nitrogens with one attached hydrogen (secondary N) is 1. The molecule has 0 bridgehead atoms. The van der Waals surface area contributed by atoms with Gasteiger partial charge in [-0.1, -0.05) is 31.5 Å². The summed E-state index contributed by atoms with van der Waals surface area (Å²) in [7, 11) is -3.83. The molecule has 0 fully saturated rings. The molecule has 0 saturated heterocycles. The number of tetrazole rings is 1. The number of carbonyl (C=O) groups is 1. The first-order valence-corrected chi connectivity index (χ1v) is 11.8. The van der Waals surface area contributed by atoms with Gasteiger partial charge in [-0.15, -0.1) is 5.10 Å². The van der Waals surface area contributed by atoms with Crippen LogP contribution in [0.3, 0.4) is 0 Å². The number of hydrogen-bond acceptors (Lipinski definition) is 8. The lowest BCUT2D eigenvalue weighted by Gasteiger charge is -2.17. The van der Waals surface area contributed by atoms with Crippen LogP contribution in [-0.4, -0.2) is 52.6 Å². The highest BCUT2D eigenvalue weighted by atomic mass is 32.2. The molecule has 154 valence electrons. The molecule has 2 aromatic rings. The highest BCUT2D eigenvalue weighted by Gasteiger charge is 2.27. The zero-order valence-corrected chi connectivity index (χ0v) is 17.6. The Morgan fingerprint density at radius 1 is 1.32 bits per heavy atom. The monoisotopic (exact) mass is 427 g/mol. The summed E-state index contributed by atoms with van der Waals surface area (Å²) in [6.45, 7) is 2.57. The molecule has 0 spiro atoms. The molecule has 11 heteroatoms. The van der Waals surface area contributed by atoms with Crippen molar-refractivity contribution in [3.63, 3.8) is 0 Å². The molecule has 1 aromatic heterocycles. The van der Waals surface area contributed by atoms with Crippen LogP contribution in [0.1, 0.15) is 32.0 Å². The summed E-state index contributed by atoms with van der Waals surface area (Å²) in [4.78, 5) is 12.6. The summed E-state index contributed by atoms with van der Waals surface area (Å²) in [6, 6.07) is 6.93. The van der Waals surface area contributed by atoms with E-state index in [1.54, 1.807) is 22.9 Å². The van der Waals surface area contributed by atoms with Crippen LogP contribution in [0, 0.1) is 0 Å². The molecule has 1 N–H and O–H groups in total. The molecule has 0 amide bonds. The second-order valence-corrected chi connectivity index (χ2v) is 8.75. The Balaban J connectivity index is 2.04. The maximum atomic E-state index is 12.6. The van der Waals surface area contributed by atoms with Crippen LogP contribution < -0.4 is 4.72 Å². The summed E-state index contributed by atoms with van der Waals surface area (Å²) >= 11 is 1.52. The number of hydrogen-bond donors (Lipinski definition) is 1. The number of aromatic nitrogens is 4. The first-order valence-electron chi connectivity index (χ1n) is 8.96. The first-order chi connectivity index (χ1) is 13.5. The van der Waals surface area contributed by atoms with E-state index in [-0.39, 0.29) is 11.5 Å². The van der Waals surface area contributed by atoms with Crippen molar-refractivity contribution in [1.29, 1.82) is 0 Å². The molecule has 1 atom stereocenters. The van der Waals surface area contributed by atoms with E-state index >= 15 is 0 Å². The number of carbonyl (C=O) groups excluding carboxylic acids is 1. The van der Waals surface area contributed by atoms with Crippen molar-refractivity contribution < 1.29 is 17.9 Å². The number of rotatable bonds is 12. The minimum absolute atomic E-state index is 0.0976. The summed E-state index contributed by atoms with van der Waals surface area (Å²) < 4.78 is 34.5. The van der Waals surface area contributed by atoms with Gasteiger partial charge in [0.15, 0.2) is 12.4 Å². The lowest BCUT2D eigenvalue weighted by molar-refractivity contribution is -0.147. The van der Waals surface area contributed by atoms with Crippen LogP contribution in [0.15, 0.2) is 35.2 Å². The summed E-state index contributed by atoms with van der Waals surface area (Å²) in [5, 5.41) is 11.3. The average Bonchev–Trinajstić information content (AvgIpc) is 3.15. The molecule has 2 rings (SSSR count). The number of sulfonamides is 1. The second kappa shape index (κ2) is 11.1. The zero-order valence-electron chi connectivity index (χ0n) is 15.9. The van der Waals surface area contributed by atoms with Crippen molar-refractivity contribution in [2.24, 2.45) is 0 Å². The van der Waals surface area contributed by atoms with Gasteiger partial charge in [-0.05, 0) is 47.4 Å². The Morgan fingerprint density at radius 3 is 2.75 bits per heavy atom. The van der Waals surface area contributed by atoms with Crippen molar-refractivity contribution in [2.45, 2.75) is 50.3 Å². The SMILES string of the molecule is CCCCn1nnnc1COC(=O)C(CCSC)NS(=O)(=O)c1ccccc1. The van der Waals surface area contributed by atoms with Crippen LogP contribution in [0.25, 0.3) is 0 Å². The van der Waals surface area contributed by atoms with Crippen molar-refractivity contribution in [3.05, 3.63) is 36.2 Å². The predicted octanol–water partition coefficient (Wildman–Crippen LogP) is 1.62.